The van der Waals surface area contributed by atoms with Crippen LogP contribution in [0.4, 0.5) is 11.4 Å². The minimum atomic E-state index is -0.0613. The number of carbonyl (C=O) groups excluding carboxylic acids is 2. The zero-order chi connectivity index (χ0) is 36.1. The van der Waals surface area contributed by atoms with Crippen molar-refractivity contribution >= 4 is 22.9 Å². The van der Waals surface area contributed by atoms with E-state index >= 15 is 0 Å². The van der Waals surface area contributed by atoms with Crippen molar-refractivity contribution in [2.24, 2.45) is 0 Å². The lowest BCUT2D eigenvalue weighted by Crippen LogP contribution is -2.29. The van der Waals surface area contributed by atoms with Gasteiger partial charge in [0.05, 0.1) is 11.1 Å². The van der Waals surface area contributed by atoms with E-state index in [1.54, 1.807) is 12.1 Å². The van der Waals surface area contributed by atoms with Crippen LogP contribution in [-0.2, 0) is 0 Å². The highest BCUT2D eigenvalue weighted by Crippen LogP contribution is 2.36. The van der Waals surface area contributed by atoms with E-state index in [0.29, 0.717) is 34.3 Å². The molecule has 6 heteroatoms. The summed E-state index contributed by atoms with van der Waals surface area (Å²) in [4.78, 5) is 32.6. The van der Waals surface area contributed by atoms with Gasteiger partial charge in [-0.2, -0.15) is 0 Å². The van der Waals surface area contributed by atoms with E-state index < -0.39 is 0 Å². The van der Waals surface area contributed by atoms with Gasteiger partial charge < -0.3 is 20.4 Å². The maximum atomic E-state index is 13.9. The highest BCUT2D eigenvalue weighted by Gasteiger charge is 2.33. The van der Waals surface area contributed by atoms with Gasteiger partial charge in [0.1, 0.15) is 0 Å². The SMILES string of the molecule is CCCCCCCCCC(CCCNc1ccc(NCCCC(CCCCCCCCC)N(C)C)c2c1C(=O)c1ccccc1C2=O)N(C)C. The van der Waals surface area contributed by atoms with Crippen LogP contribution in [0.2, 0.25) is 0 Å². The van der Waals surface area contributed by atoms with Crippen molar-refractivity contribution in [2.45, 2.75) is 154 Å². The predicted molar refractivity (Wildman–Crippen MR) is 215 cm³/mol. The van der Waals surface area contributed by atoms with Crippen molar-refractivity contribution in [1.82, 2.24) is 9.80 Å². The first-order valence-corrected chi connectivity index (χ1v) is 20.5. The molecular formula is C44H72N4O2. The number of anilines is 2. The van der Waals surface area contributed by atoms with Gasteiger partial charge in [-0.05, 0) is 78.8 Å². The summed E-state index contributed by atoms with van der Waals surface area (Å²) in [6.45, 7) is 6.09. The van der Waals surface area contributed by atoms with E-state index in [0.717, 1.165) is 50.1 Å². The average molecular weight is 689 g/mol. The van der Waals surface area contributed by atoms with Crippen molar-refractivity contribution in [1.29, 1.82) is 0 Å². The molecule has 0 bridgehead atoms. The maximum absolute atomic E-state index is 13.9. The predicted octanol–water partition coefficient (Wildman–Crippen LogP) is 11.0. The summed E-state index contributed by atoms with van der Waals surface area (Å²) in [5, 5.41) is 7.16. The smallest absolute Gasteiger partial charge is 0.196 e. The standard InChI is InChI=1S/C44H72N4O2/c1-7-9-11-13-15-17-19-25-35(47(3)4)27-23-33-45-39-31-32-40(42-41(39)43(49)37-29-21-22-30-38(37)44(42)50)46-34-24-28-36(48(5)6)26-20-18-16-14-12-10-8-2/h21-22,29-32,35-36,45-46H,7-20,23-28,33-34H2,1-6H3. The molecule has 0 radical (unpaired) electrons. The van der Waals surface area contributed by atoms with Crippen LogP contribution in [0.1, 0.15) is 174 Å². The minimum absolute atomic E-state index is 0.0613. The van der Waals surface area contributed by atoms with Gasteiger partial charge in [0.2, 0.25) is 0 Å². The number of benzene rings is 2. The summed E-state index contributed by atoms with van der Waals surface area (Å²) in [5.74, 6) is -0.123. The van der Waals surface area contributed by atoms with Crippen LogP contribution in [0.25, 0.3) is 0 Å². The molecule has 0 spiro atoms. The Morgan fingerprint density at radius 2 is 0.820 bits per heavy atom. The molecule has 1 aliphatic rings. The number of nitrogens with one attached hydrogen (secondary N) is 2. The van der Waals surface area contributed by atoms with Crippen LogP contribution in [0, 0.1) is 0 Å². The number of hydrogen-bond donors (Lipinski definition) is 2. The Kier molecular flexibility index (Phi) is 19.8. The first kappa shape index (κ1) is 41.7. The number of unbranched alkanes of at least 4 members (excludes halogenated alkanes) is 12. The minimum Gasteiger partial charge on any atom is -0.384 e. The molecule has 50 heavy (non-hydrogen) atoms. The Hall–Kier alpha value is -2.70. The molecule has 6 nitrogen and oxygen atoms in total. The second kappa shape index (κ2) is 23.7. The van der Waals surface area contributed by atoms with Gasteiger partial charge in [0.25, 0.3) is 0 Å². The summed E-state index contributed by atoms with van der Waals surface area (Å²) in [6.07, 6.45) is 25.4. The molecule has 0 amide bonds. The molecule has 2 aromatic rings. The quantitative estimate of drug-likeness (QED) is 0.0740. The molecule has 0 fully saturated rings. The molecule has 2 aromatic carbocycles. The largest absolute Gasteiger partial charge is 0.384 e. The van der Waals surface area contributed by atoms with E-state index in [2.05, 4.69) is 62.5 Å². The van der Waals surface area contributed by atoms with Crippen molar-refractivity contribution in [3.8, 4) is 0 Å². The molecular weight excluding hydrogens is 617 g/mol. The van der Waals surface area contributed by atoms with Crippen molar-refractivity contribution in [2.75, 3.05) is 51.9 Å². The molecule has 0 heterocycles. The molecule has 2 N–H and O–H groups in total. The van der Waals surface area contributed by atoms with Gasteiger partial charge in [-0.3, -0.25) is 9.59 Å². The van der Waals surface area contributed by atoms with Crippen molar-refractivity contribution in [3.63, 3.8) is 0 Å². The molecule has 2 atom stereocenters. The Balaban J connectivity index is 1.59. The number of nitrogens with zero attached hydrogens (tertiary/aromatic N) is 2. The molecule has 280 valence electrons. The lowest BCUT2D eigenvalue weighted by Gasteiger charge is -2.26. The van der Waals surface area contributed by atoms with Crippen LogP contribution >= 0.6 is 0 Å². The fourth-order valence-corrected chi connectivity index (χ4v) is 7.63. The van der Waals surface area contributed by atoms with Crippen molar-refractivity contribution in [3.05, 3.63) is 58.7 Å². The fourth-order valence-electron chi connectivity index (χ4n) is 7.63. The van der Waals surface area contributed by atoms with Crippen LogP contribution in [0.5, 0.6) is 0 Å². The lowest BCUT2D eigenvalue weighted by molar-refractivity contribution is 0.0980. The Labute approximate surface area is 306 Å². The number of carbonyl (C=O) groups is 2. The molecule has 3 rings (SSSR count). The molecule has 0 saturated heterocycles. The molecule has 1 aliphatic carbocycles. The van der Waals surface area contributed by atoms with Gasteiger partial charge in [0, 0.05) is 47.7 Å². The first-order chi connectivity index (χ1) is 24.3. The van der Waals surface area contributed by atoms with Gasteiger partial charge in [-0.15, -0.1) is 0 Å². The third-order valence-electron chi connectivity index (χ3n) is 10.9. The fraction of sp³-hybridized carbons (Fsp3) is 0.682. The summed E-state index contributed by atoms with van der Waals surface area (Å²) in [6, 6.07) is 12.4. The summed E-state index contributed by atoms with van der Waals surface area (Å²) >= 11 is 0. The summed E-state index contributed by atoms with van der Waals surface area (Å²) in [7, 11) is 8.78. The second-order valence-electron chi connectivity index (χ2n) is 15.3. The van der Waals surface area contributed by atoms with Gasteiger partial charge >= 0.3 is 0 Å². The average Bonchev–Trinajstić information content (AvgIpc) is 3.11. The number of rotatable bonds is 28. The van der Waals surface area contributed by atoms with E-state index in [4.69, 9.17) is 0 Å². The maximum Gasteiger partial charge on any atom is 0.196 e. The Morgan fingerprint density at radius 1 is 0.480 bits per heavy atom. The normalized spacial score (nSPS) is 13.8. The molecule has 0 aromatic heterocycles. The molecule has 0 aliphatic heterocycles. The van der Waals surface area contributed by atoms with Crippen LogP contribution in [-0.4, -0.2) is 74.7 Å². The van der Waals surface area contributed by atoms with Crippen LogP contribution < -0.4 is 10.6 Å². The highest BCUT2D eigenvalue weighted by molar-refractivity contribution is 6.31. The van der Waals surface area contributed by atoms with Gasteiger partial charge in [-0.1, -0.05) is 128 Å². The summed E-state index contributed by atoms with van der Waals surface area (Å²) < 4.78 is 0. The lowest BCUT2D eigenvalue weighted by atomic mass is 9.82. The van der Waals surface area contributed by atoms with E-state index in [1.165, 1.54) is 103 Å². The van der Waals surface area contributed by atoms with Gasteiger partial charge in [-0.25, -0.2) is 0 Å². The monoisotopic (exact) mass is 689 g/mol. The van der Waals surface area contributed by atoms with E-state index in [9.17, 15) is 9.59 Å². The van der Waals surface area contributed by atoms with E-state index in [-0.39, 0.29) is 11.6 Å². The zero-order valence-corrected chi connectivity index (χ0v) is 32.9. The number of hydrogen-bond acceptors (Lipinski definition) is 6. The molecule has 0 saturated carbocycles. The van der Waals surface area contributed by atoms with Crippen LogP contribution in [0.15, 0.2) is 36.4 Å². The van der Waals surface area contributed by atoms with Crippen LogP contribution in [0.3, 0.4) is 0 Å². The first-order valence-electron chi connectivity index (χ1n) is 20.5. The Morgan fingerprint density at radius 3 is 1.18 bits per heavy atom. The topological polar surface area (TPSA) is 64.7 Å². The zero-order valence-electron chi connectivity index (χ0n) is 32.9. The summed E-state index contributed by atoms with van der Waals surface area (Å²) in [5.41, 5.74) is 3.61. The highest BCUT2D eigenvalue weighted by atomic mass is 16.1. The third-order valence-corrected chi connectivity index (χ3v) is 10.9. The number of fused-ring (bicyclic) bond motifs is 2. The Bertz CT molecular complexity index is 1180. The number of ketones is 2. The second-order valence-corrected chi connectivity index (χ2v) is 15.3. The molecule has 2 unspecified atom stereocenters. The van der Waals surface area contributed by atoms with E-state index in [1.807, 2.05) is 24.3 Å². The van der Waals surface area contributed by atoms with Crippen molar-refractivity contribution < 1.29 is 9.59 Å². The third kappa shape index (κ3) is 13.5. The van der Waals surface area contributed by atoms with Gasteiger partial charge in [0.15, 0.2) is 11.6 Å².